The van der Waals surface area contributed by atoms with Gasteiger partial charge in [0.05, 0.1) is 6.54 Å². The molecule has 16 heavy (non-hydrogen) atoms. The lowest BCUT2D eigenvalue weighted by Crippen LogP contribution is -2.36. The average Bonchev–Trinajstić information content (AvgIpc) is 2.90. The zero-order chi connectivity index (χ0) is 11.4. The van der Waals surface area contributed by atoms with Crippen molar-refractivity contribution in [1.29, 1.82) is 0 Å². The van der Waals surface area contributed by atoms with E-state index in [4.69, 9.17) is 0 Å². The van der Waals surface area contributed by atoms with Crippen LogP contribution in [0.4, 0.5) is 0 Å². The van der Waals surface area contributed by atoms with Crippen molar-refractivity contribution in [2.24, 2.45) is 0 Å². The molecule has 1 aliphatic rings. The molecule has 1 amide bonds. The van der Waals surface area contributed by atoms with Crippen LogP contribution in [0.2, 0.25) is 0 Å². The smallest absolute Gasteiger partial charge is 0.234 e. The van der Waals surface area contributed by atoms with Crippen molar-refractivity contribution in [3.05, 3.63) is 22.4 Å². The van der Waals surface area contributed by atoms with Crippen molar-refractivity contribution in [1.82, 2.24) is 10.6 Å². The number of carbonyl (C=O) groups excluding carboxylic acids is 1. The summed E-state index contributed by atoms with van der Waals surface area (Å²) in [4.78, 5) is 12.2. The summed E-state index contributed by atoms with van der Waals surface area (Å²) in [6.07, 6.45) is 1.68. The molecule has 1 heterocycles. The van der Waals surface area contributed by atoms with Crippen molar-refractivity contribution in [2.75, 3.05) is 13.1 Å². The first-order valence-electron chi connectivity index (χ1n) is 5.47. The van der Waals surface area contributed by atoms with Crippen LogP contribution >= 0.6 is 11.3 Å². The normalized spacial score (nSPS) is 17.1. The SMILES string of the molecule is O=C(CNCC(O)c1cccs1)NC1CC1. The van der Waals surface area contributed by atoms with Gasteiger partial charge in [-0.25, -0.2) is 0 Å². The molecule has 88 valence electrons. The molecule has 1 unspecified atom stereocenters. The summed E-state index contributed by atoms with van der Waals surface area (Å²) in [6, 6.07) is 4.20. The van der Waals surface area contributed by atoms with Crippen LogP contribution in [-0.4, -0.2) is 30.1 Å². The fourth-order valence-corrected chi connectivity index (χ4v) is 2.12. The Hall–Kier alpha value is -0.910. The number of aliphatic hydroxyl groups is 1. The van der Waals surface area contributed by atoms with Gasteiger partial charge in [0.15, 0.2) is 0 Å². The Morgan fingerprint density at radius 1 is 1.62 bits per heavy atom. The lowest BCUT2D eigenvalue weighted by Gasteiger charge is -2.09. The fourth-order valence-electron chi connectivity index (χ4n) is 1.41. The largest absolute Gasteiger partial charge is 0.386 e. The lowest BCUT2D eigenvalue weighted by molar-refractivity contribution is -0.120. The Labute approximate surface area is 98.7 Å². The minimum Gasteiger partial charge on any atom is -0.386 e. The van der Waals surface area contributed by atoms with Gasteiger partial charge in [0.25, 0.3) is 0 Å². The van der Waals surface area contributed by atoms with Crippen molar-refractivity contribution in [3.63, 3.8) is 0 Å². The van der Waals surface area contributed by atoms with Crippen LogP contribution in [0.25, 0.3) is 0 Å². The molecule has 4 nitrogen and oxygen atoms in total. The van der Waals surface area contributed by atoms with Gasteiger partial charge < -0.3 is 15.7 Å². The van der Waals surface area contributed by atoms with E-state index < -0.39 is 6.10 Å². The second kappa shape index (κ2) is 5.43. The van der Waals surface area contributed by atoms with Gasteiger partial charge in [-0.15, -0.1) is 11.3 Å². The number of aliphatic hydroxyl groups excluding tert-OH is 1. The van der Waals surface area contributed by atoms with Gasteiger partial charge in [0.1, 0.15) is 6.10 Å². The summed E-state index contributed by atoms with van der Waals surface area (Å²) in [5, 5.41) is 17.5. The molecule has 1 atom stereocenters. The van der Waals surface area contributed by atoms with Crippen LogP contribution in [-0.2, 0) is 4.79 Å². The van der Waals surface area contributed by atoms with E-state index in [0.29, 0.717) is 12.6 Å². The highest BCUT2D eigenvalue weighted by Crippen LogP contribution is 2.18. The van der Waals surface area contributed by atoms with Gasteiger partial charge in [-0.05, 0) is 24.3 Å². The highest BCUT2D eigenvalue weighted by molar-refractivity contribution is 7.10. The number of rotatable bonds is 6. The van der Waals surface area contributed by atoms with Crippen LogP contribution in [0.1, 0.15) is 23.8 Å². The van der Waals surface area contributed by atoms with Crippen molar-refractivity contribution in [2.45, 2.75) is 25.0 Å². The second-order valence-electron chi connectivity index (χ2n) is 4.00. The summed E-state index contributed by atoms with van der Waals surface area (Å²) in [7, 11) is 0. The maximum Gasteiger partial charge on any atom is 0.234 e. The molecule has 0 aliphatic heterocycles. The van der Waals surface area contributed by atoms with Gasteiger partial charge in [0.2, 0.25) is 5.91 Å². The van der Waals surface area contributed by atoms with Crippen LogP contribution in [0.5, 0.6) is 0 Å². The van der Waals surface area contributed by atoms with Crippen molar-refractivity contribution >= 4 is 17.2 Å². The zero-order valence-electron chi connectivity index (χ0n) is 8.98. The molecule has 3 N–H and O–H groups in total. The van der Waals surface area contributed by atoms with Crippen LogP contribution in [0.15, 0.2) is 17.5 Å². The predicted molar refractivity (Wildman–Crippen MR) is 63.3 cm³/mol. The minimum absolute atomic E-state index is 0.0147. The summed E-state index contributed by atoms with van der Waals surface area (Å²) in [5.74, 6) is 0.0147. The topological polar surface area (TPSA) is 61.4 Å². The average molecular weight is 240 g/mol. The minimum atomic E-state index is -0.520. The summed E-state index contributed by atoms with van der Waals surface area (Å²) in [6.45, 7) is 0.692. The molecule has 0 bridgehead atoms. The van der Waals surface area contributed by atoms with E-state index in [-0.39, 0.29) is 12.5 Å². The third kappa shape index (κ3) is 3.59. The van der Waals surface area contributed by atoms with Gasteiger partial charge in [-0.1, -0.05) is 6.07 Å². The van der Waals surface area contributed by atoms with E-state index in [0.717, 1.165) is 17.7 Å². The highest BCUT2D eigenvalue weighted by atomic mass is 32.1. The number of hydrogen-bond donors (Lipinski definition) is 3. The molecular formula is C11H16N2O2S. The fraction of sp³-hybridized carbons (Fsp3) is 0.545. The van der Waals surface area contributed by atoms with Crippen LogP contribution in [0, 0.1) is 0 Å². The van der Waals surface area contributed by atoms with E-state index in [9.17, 15) is 9.90 Å². The monoisotopic (exact) mass is 240 g/mol. The number of hydrogen-bond acceptors (Lipinski definition) is 4. The second-order valence-corrected chi connectivity index (χ2v) is 4.98. The van der Waals surface area contributed by atoms with Gasteiger partial charge >= 0.3 is 0 Å². The Bertz CT molecular complexity index is 336. The number of nitrogens with one attached hydrogen (secondary N) is 2. The summed E-state index contributed by atoms with van der Waals surface area (Å²) >= 11 is 1.52. The molecule has 0 radical (unpaired) electrons. The van der Waals surface area contributed by atoms with Gasteiger partial charge in [0, 0.05) is 17.5 Å². The van der Waals surface area contributed by atoms with Crippen molar-refractivity contribution < 1.29 is 9.90 Å². The Balaban J connectivity index is 1.61. The van der Waals surface area contributed by atoms with E-state index in [1.807, 2.05) is 17.5 Å². The number of carbonyl (C=O) groups is 1. The highest BCUT2D eigenvalue weighted by Gasteiger charge is 2.22. The molecule has 1 aromatic heterocycles. The molecular weight excluding hydrogens is 224 g/mol. The lowest BCUT2D eigenvalue weighted by atomic mass is 10.3. The summed E-state index contributed by atoms with van der Waals surface area (Å²) in [5.41, 5.74) is 0. The maximum atomic E-state index is 11.3. The van der Waals surface area contributed by atoms with Crippen LogP contribution in [0.3, 0.4) is 0 Å². The quantitative estimate of drug-likeness (QED) is 0.684. The van der Waals surface area contributed by atoms with E-state index in [1.54, 1.807) is 0 Å². The molecule has 0 saturated heterocycles. The van der Waals surface area contributed by atoms with E-state index in [1.165, 1.54) is 11.3 Å². The number of amides is 1. The van der Waals surface area contributed by atoms with E-state index in [2.05, 4.69) is 10.6 Å². The van der Waals surface area contributed by atoms with Gasteiger partial charge in [-0.3, -0.25) is 4.79 Å². The van der Waals surface area contributed by atoms with Crippen molar-refractivity contribution in [3.8, 4) is 0 Å². The molecule has 0 aromatic carbocycles. The Morgan fingerprint density at radius 3 is 3.06 bits per heavy atom. The molecule has 0 spiro atoms. The zero-order valence-corrected chi connectivity index (χ0v) is 9.80. The third-order valence-corrected chi connectivity index (χ3v) is 3.41. The molecule has 2 rings (SSSR count). The first-order chi connectivity index (χ1) is 7.75. The Morgan fingerprint density at radius 2 is 2.44 bits per heavy atom. The van der Waals surface area contributed by atoms with Crippen LogP contribution < -0.4 is 10.6 Å². The standard InChI is InChI=1S/C11H16N2O2S/c14-9(10-2-1-5-16-10)6-12-7-11(15)13-8-3-4-8/h1-2,5,8-9,12,14H,3-4,6-7H2,(H,13,15). The molecule has 1 aromatic rings. The molecule has 1 aliphatic carbocycles. The molecule has 1 fully saturated rings. The third-order valence-electron chi connectivity index (χ3n) is 2.44. The predicted octanol–water partition coefficient (Wildman–Crippen LogP) is 0.650. The maximum absolute atomic E-state index is 11.3. The van der Waals surface area contributed by atoms with Gasteiger partial charge in [-0.2, -0.15) is 0 Å². The Kier molecular flexibility index (Phi) is 3.93. The molecule has 5 heteroatoms. The first kappa shape index (κ1) is 11.6. The number of thiophene rings is 1. The first-order valence-corrected chi connectivity index (χ1v) is 6.35. The summed E-state index contributed by atoms with van der Waals surface area (Å²) < 4.78 is 0. The van der Waals surface area contributed by atoms with E-state index >= 15 is 0 Å². The molecule has 1 saturated carbocycles.